The Morgan fingerprint density at radius 1 is 0.971 bits per heavy atom. The smallest absolute Gasteiger partial charge is 0.339 e. The SMILES string of the molecule is CC(C)Oc1cc(-c2ccc(OCCNC[C@H](O)c3ccc(N)cc3)cc2)ccc1C(=O)O.Cl.Cl. The van der Waals surface area contributed by atoms with Crippen LogP contribution in [-0.4, -0.2) is 42.0 Å². The summed E-state index contributed by atoms with van der Waals surface area (Å²) in [5, 5.41) is 22.7. The van der Waals surface area contributed by atoms with Crippen molar-refractivity contribution in [3.05, 3.63) is 77.9 Å². The molecule has 1 atom stereocenters. The number of aliphatic hydroxyl groups is 1. The average molecular weight is 523 g/mol. The second kappa shape index (κ2) is 14.4. The molecule has 0 heterocycles. The summed E-state index contributed by atoms with van der Waals surface area (Å²) in [5.74, 6) is 0.0542. The van der Waals surface area contributed by atoms with E-state index in [0.29, 0.717) is 31.1 Å². The van der Waals surface area contributed by atoms with Crippen molar-refractivity contribution in [3.8, 4) is 22.6 Å². The number of carboxylic acids is 1. The second-order valence-electron chi connectivity index (χ2n) is 7.94. The van der Waals surface area contributed by atoms with Crippen LogP contribution in [0, 0.1) is 0 Å². The highest BCUT2D eigenvalue weighted by Crippen LogP contribution is 2.29. The molecule has 0 amide bonds. The predicted molar refractivity (Wildman–Crippen MR) is 143 cm³/mol. The molecule has 3 aromatic rings. The first-order valence-electron chi connectivity index (χ1n) is 10.8. The maximum absolute atomic E-state index is 11.4. The maximum Gasteiger partial charge on any atom is 0.339 e. The van der Waals surface area contributed by atoms with Gasteiger partial charge in [-0.05, 0) is 66.9 Å². The van der Waals surface area contributed by atoms with Gasteiger partial charge in [0, 0.05) is 18.8 Å². The molecule has 190 valence electrons. The average Bonchev–Trinajstić information content (AvgIpc) is 2.79. The Morgan fingerprint density at radius 2 is 1.60 bits per heavy atom. The zero-order chi connectivity index (χ0) is 23.8. The first-order valence-corrected chi connectivity index (χ1v) is 10.8. The molecule has 0 aliphatic rings. The molecule has 7 nitrogen and oxygen atoms in total. The van der Waals surface area contributed by atoms with Gasteiger partial charge >= 0.3 is 5.97 Å². The Hall–Kier alpha value is -2.97. The number of ether oxygens (including phenoxy) is 2. The summed E-state index contributed by atoms with van der Waals surface area (Å²) < 4.78 is 11.4. The minimum Gasteiger partial charge on any atom is -0.492 e. The van der Waals surface area contributed by atoms with Gasteiger partial charge in [0.25, 0.3) is 0 Å². The van der Waals surface area contributed by atoms with Crippen molar-refractivity contribution >= 4 is 36.5 Å². The van der Waals surface area contributed by atoms with E-state index >= 15 is 0 Å². The third-order valence-electron chi connectivity index (χ3n) is 4.97. The molecule has 0 fully saturated rings. The molecule has 0 saturated heterocycles. The summed E-state index contributed by atoms with van der Waals surface area (Å²) in [6.45, 7) is 5.17. The molecule has 0 spiro atoms. The van der Waals surface area contributed by atoms with E-state index in [2.05, 4.69) is 5.32 Å². The van der Waals surface area contributed by atoms with Crippen LogP contribution in [0.15, 0.2) is 66.7 Å². The lowest BCUT2D eigenvalue weighted by atomic mass is 10.0. The third kappa shape index (κ3) is 8.96. The highest BCUT2D eigenvalue weighted by molar-refractivity contribution is 5.92. The van der Waals surface area contributed by atoms with Crippen molar-refractivity contribution in [1.29, 1.82) is 0 Å². The number of nitrogens with two attached hydrogens (primary N) is 1. The number of halogens is 2. The molecule has 0 aromatic heterocycles. The number of hydrogen-bond donors (Lipinski definition) is 4. The molecule has 3 aromatic carbocycles. The summed E-state index contributed by atoms with van der Waals surface area (Å²) >= 11 is 0. The summed E-state index contributed by atoms with van der Waals surface area (Å²) in [6.07, 6.45) is -0.739. The lowest BCUT2D eigenvalue weighted by Crippen LogP contribution is -2.26. The monoisotopic (exact) mass is 522 g/mol. The van der Waals surface area contributed by atoms with E-state index in [1.54, 1.807) is 30.3 Å². The highest BCUT2D eigenvalue weighted by Gasteiger charge is 2.14. The van der Waals surface area contributed by atoms with E-state index < -0.39 is 12.1 Å². The lowest BCUT2D eigenvalue weighted by Gasteiger charge is -2.14. The van der Waals surface area contributed by atoms with Crippen LogP contribution in [0.2, 0.25) is 0 Å². The molecular weight excluding hydrogens is 491 g/mol. The second-order valence-corrected chi connectivity index (χ2v) is 7.94. The number of aliphatic hydroxyl groups excluding tert-OH is 1. The zero-order valence-corrected chi connectivity index (χ0v) is 21.3. The molecule has 3 rings (SSSR count). The minimum absolute atomic E-state index is 0. The van der Waals surface area contributed by atoms with Crippen LogP contribution in [0.5, 0.6) is 11.5 Å². The van der Waals surface area contributed by atoms with Crippen molar-refractivity contribution in [3.63, 3.8) is 0 Å². The number of benzene rings is 3. The van der Waals surface area contributed by atoms with Gasteiger partial charge in [0.2, 0.25) is 0 Å². The number of nitrogens with one attached hydrogen (secondary N) is 1. The Labute approximate surface area is 218 Å². The predicted octanol–water partition coefficient (Wildman–Crippen LogP) is 4.97. The molecular formula is C26H32Cl2N2O5. The highest BCUT2D eigenvalue weighted by atomic mass is 35.5. The van der Waals surface area contributed by atoms with E-state index in [-0.39, 0.29) is 36.5 Å². The van der Waals surface area contributed by atoms with E-state index in [9.17, 15) is 15.0 Å². The standard InChI is InChI=1S/C26H30N2O5.2ClH/c1-17(2)33-25-15-20(7-12-23(25)26(30)31)18-5-10-22(11-6-18)32-14-13-28-16-24(29)19-3-8-21(27)9-4-19;;/h3-12,15,17,24,28-29H,13-14,16,27H2,1-2H3,(H,30,31);2*1H/t24-;;/m0../s1. The van der Waals surface area contributed by atoms with Crippen LogP contribution in [0.3, 0.4) is 0 Å². The number of aromatic carboxylic acids is 1. The van der Waals surface area contributed by atoms with Crippen molar-refractivity contribution in [2.45, 2.75) is 26.1 Å². The van der Waals surface area contributed by atoms with Crippen LogP contribution in [0.4, 0.5) is 5.69 Å². The Morgan fingerprint density at radius 3 is 2.20 bits per heavy atom. The van der Waals surface area contributed by atoms with Gasteiger partial charge in [-0.3, -0.25) is 0 Å². The lowest BCUT2D eigenvalue weighted by molar-refractivity contribution is 0.0690. The van der Waals surface area contributed by atoms with E-state index in [1.807, 2.05) is 50.2 Å². The Balaban J connectivity index is 0.00000306. The number of anilines is 1. The maximum atomic E-state index is 11.4. The zero-order valence-electron chi connectivity index (χ0n) is 19.6. The van der Waals surface area contributed by atoms with E-state index in [0.717, 1.165) is 22.4 Å². The largest absolute Gasteiger partial charge is 0.492 e. The van der Waals surface area contributed by atoms with Crippen molar-refractivity contribution in [2.24, 2.45) is 0 Å². The molecule has 0 aliphatic heterocycles. The van der Waals surface area contributed by atoms with Crippen LogP contribution in [0.25, 0.3) is 11.1 Å². The summed E-state index contributed by atoms with van der Waals surface area (Å²) in [5.41, 5.74) is 9.07. The molecule has 0 radical (unpaired) electrons. The quantitative estimate of drug-likeness (QED) is 0.207. The van der Waals surface area contributed by atoms with Crippen LogP contribution in [-0.2, 0) is 0 Å². The normalized spacial score (nSPS) is 11.2. The van der Waals surface area contributed by atoms with Gasteiger partial charge in [0.05, 0.1) is 12.2 Å². The summed E-state index contributed by atoms with van der Waals surface area (Å²) in [7, 11) is 0. The van der Waals surface area contributed by atoms with Crippen LogP contribution in [0.1, 0.15) is 35.9 Å². The molecule has 0 unspecified atom stereocenters. The van der Waals surface area contributed by atoms with Gasteiger partial charge in [-0.1, -0.05) is 30.3 Å². The van der Waals surface area contributed by atoms with Gasteiger partial charge in [-0.2, -0.15) is 0 Å². The number of carbonyl (C=O) groups is 1. The number of carboxylic acid groups (broad SMARTS) is 1. The van der Waals surface area contributed by atoms with E-state index in [1.165, 1.54) is 0 Å². The number of nitrogen functional groups attached to an aromatic ring is 1. The van der Waals surface area contributed by atoms with Gasteiger partial charge in [-0.15, -0.1) is 24.8 Å². The molecule has 5 N–H and O–H groups in total. The fourth-order valence-corrected chi connectivity index (χ4v) is 3.29. The van der Waals surface area contributed by atoms with Gasteiger partial charge in [-0.25, -0.2) is 4.79 Å². The molecule has 35 heavy (non-hydrogen) atoms. The molecule has 9 heteroatoms. The fraction of sp³-hybridized carbons (Fsp3) is 0.269. The van der Waals surface area contributed by atoms with Gasteiger partial charge in [0.1, 0.15) is 23.7 Å². The van der Waals surface area contributed by atoms with Gasteiger partial charge in [0.15, 0.2) is 0 Å². The minimum atomic E-state index is -1.02. The first-order chi connectivity index (χ1) is 15.8. The summed E-state index contributed by atoms with van der Waals surface area (Å²) in [6, 6.07) is 19.8. The van der Waals surface area contributed by atoms with Crippen LogP contribution >= 0.6 is 24.8 Å². The van der Waals surface area contributed by atoms with E-state index in [4.69, 9.17) is 15.2 Å². The Kier molecular flexibility index (Phi) is 12.4. The fourth-order valence-electron chi connectivity index (χ4n) is 3.29. The van der Waals surface area contributed by atoms with Crippen molar-refractivity contribution in [1.82, 2.24) is 5.32 Å². The Bertz CT molecular complexity index is 1060. The molecule has 0 saturated carbocycles. The summed E-state index contributed by atoms with van der Waals surface area (Å²) in [4.78, 5) is 11.4. The number of rotatable bonds is 11. The van der Waals surface area contributed by atoms with Crippen LogP contribution < -0.4 is 20.5 Å². The van der Waals surface area contributed by atoms with Gasteiger partial charge < -0.3 is 30.7 Å². The first kappa shape index (κ1) is 30.1. The topological polar surface area (TPSA) is 114 Å². The van der Waals surface area contributed by atoms with Crippen molar-refractivity contribution < 1.29 is 24.5 Å². The third-order valence-corrected chi connectivity index (χ3v) is 4.97. The molecule has 0 bridgehead atoms. The molecule has 0 aliphatic carbocycles. The number of hydrogen-bond acceptors (Lipinski definition) is 6. The van der Waals surface area contributed by atoms with Crippen molar-refractivity contribution in [2.75, 3.05) is 25.4 Å².